The molecule has 0 bridgehead atoms. The predicted molar refractivity (Wildman–Crippen MR) is 66.9 cm³/mol. The van der Waals surface area contributed by atoms with Crippen molar-refractivity contribution >= 4 is 11.9 Å². The molecule has 0 radical (unpaired) electrons. The lowest BCUT2D eigenvalue weighted by Crippen LogP contribution is -2.53. The first-order valence-corrected chi connectivity index (χ1v) is 6.04. The van der Waals surface area contributed by atoms with Gasteiger partial charge in [-0.2, -0.15) is 0 Å². The first-order valence-electron chi connectivity index (χ1n) is 6.04. The Bertz CT molecular complexity index is 285. The number of carboxylic acid groups (broad SMARTS) is 2. The minimum absolute atomic E-state index is 0.0910. The van der Waals surface area contributed by atoms with Crippen LogP contribution < -0.4 is 17.2 Å². The zero-order valence-electron chi connectivity index (χ0n) is 10.5. The molecule has 106 valence electrons. The highest BCUT2D eigenvalue weighted by molar-refractivity contribution is 5.78. The van der Waals surface area contributed by atoms with Crippen LogP contribution in [0.25, 0.3) is 0 Å². The third-order valence-electron chi connectivity index (χ3n) is 3.00. The van der Waals surface area contributed by atoms with Gasteiger partial charge in [-0.05, 0) is 12.8 Å². The van der Waals surface area contributed by atoms with Gasteiger partial charge in [-0.15, -0.1) is 0 Å². The van der Waals surface area contributed by atoms with Gasteiger partial charge < -0.3 is 27.4 Å². The van der Waals surface area contributed by atoms with Gasteiger partial charge in [-0.1, -0.05) is 25.7 Å². The van der Waals surface area contributed by atoms with Crippen molar-refractivity contribution in [1.82, 2.24) is 0 Å². The van der Waals surface area contributed by atoms with Crippen molar-refractivity contribution in [3.63, 3.8) is 0 Å². The summed E-state index contributed by atoms with van der Waals surface area (Å²) in [5, 5.41) is 17.4. The first kappa shape index (κ1) is 16.8. The zero-order chi connectivity index (χ0) is 14.2. The van der Waals surface area contributed by atoms with Crippen LogP contribution in [0.1, 0.15) is 38.5 Å². The molecule has 0 aliphatic carbocycles. The Morgan fingerprint density at radius 2 is 1.67 bits per heavy atom. The summed E-state index contributed by atoms with van der Waals surface area (Å²) < 4.78 is 0. The van der Waals surface area contributed by atoms with Crippen LogP contribution in [0.5, 0.6) is 0 Å². The molecule has 7 heteroatoms. The van der Waals surface area contributed by atoms with Gasteiger partial charge in [0.25, 0.3) is 0 Å². The highest BCUT2D eigenvalue weighted by Gasteiger charge is 2.31. The molecule has 0 saturated heterocycles. The van der Waals surface area contributed by atoms with Crippen LogP contribution in [0.15, 0.2) is 0 Å². The zero-order valence-corrected chi connectivity index (χ0v) is 10.5. The second-order valence-corrected chi connectivity index (χ2v) is 4.56. The topological polar surface area (TPSA) is 153 Å². The number of hydrogen-bond acceptors (Lipinski definition) is 5. The maximum atomic E-state index is 10.8. The molecule has 0 spiro atoms. The molecule has 2 atom stereocenters. The van der Waals surface area contributed by atoms with Crippen LogP contribution in [-0.4, -0.2) is 40.3 Å². The van der Waals surface area contributed by atoms with E-state index in [1.54, 1.807) is 0 Å². The van der Waals surface area contributed by atoms with Crippen molar-refractivity contribution in [2.75, 3.05) is 6.54 Å². The summed E-state index contributed by atoms with van der Waals surface area (Å²) >= 11 is 0. The second kappa shape index (κ2) is 8.02. The molecule has 0 aliphatic heterocycles. The number of unbranched alkanes of at least 4 members (excludes halogenated alkanes) is 3. The van der Waals surface area contributed by atoms with Crippen LogP contribution in [0, 0.1) is 0 Å². The minimum Gasteiger partial charge on any atom is -0.480 e. The summed E-state index contributed by atoms with van der Waals surface area (Å²) in [4.78, 5) is 21.3. The fourth-order valence-corrected chi connectivity index (χ4v) is 1.58. The lowest BCUT2D eigenvalue weighted by molar-refractivity contribution is -0.143. The van der Waals surface area contributed by atoms with E-state index in [9.17, 15) is 9.59 Å². The fraction of sp³-hybridized carbons (Fsp3) is 0.818. The number of hydrogen-bond donors (Lipinski definition) is 5. The standard InChI is InChI=1S/C11H23N3O4/c12-7-11(14,10(17)18)6-4-2-1-3-5-8(13)9(15)16/h8H,1-7,12-14H2,(H,15,16)(H,17,18)/t8-,11-/m0/s1. The molecule has 8 N–H and O–H groups in total. The highest BCUT2D eigenvalue weighted by atomic mass is 16.4. The third kappa shape index (κ3) is 5.95. The van der Waals surface area contributed by atoms with Gasteiger partial charge in [-0.25, -0.2) is 0 Å². The Morgan fingerprint density at radius 3 is 2.11 bits per heavy atom. The lowest BCUT2D eigenvalue weighted by atomic mass is 9.93. The molecule has 0 rings (SSSR count). The average molecular weight is 261 g/mol. The molecule has 0 unspecified atom stereocenters. The second-order valence-electron chi connectivity index (χ2n) is 4.56. The van der Waals surface area contributed by atoms with Gasteiger partial charge >= 0.3 is 11.9 Å². The van der Waals surface area contributed by atoms with Crippen LogP contribution >= 0.6 is 0 Å². The van der Waals surface area contributed by atoms with Gasteiger partial charge in [0.05, 0.1) is 0 Å². The third-order valence-corrected chi connectivity index (χ3v) is 3.00. The summed E-state index contributed by atoms with van der Waals surface area (Å²) in [5.74, 6) is -2.08. The Morgan fingerprint density at radius 1 is 1.11 bits per heavy atom. The number of rotatable bonds is 10. The highest BCUT2D eigenvalue weighted by Crippen LogP contribution is 2.13. The van der Waals surface area contributed by atoms with Gasteiger partial charge in [0.2, 0.25) is 0 Å². The molecule has 7 nitrogen and oxygen atoms in total. The van der Waals surface area contributed by atoms with Crippen molar-refractivity contribution in [3.8, 4) is 0 Å². The minimum atomic E-state index is -1.35. The largest absolute Gasteiger partial charge is 0.480 e. The Kier molecular flexibility index (Phi) is 7.49. The van der Waals surface area contributed by atoms with Crippen molar-refractivity contribution in [2.45, 2.75) is 50.1 Å². The van der Waals surface area contributed by atoms with Crippen LogP contribution in [0.3, 0.4) is 0 Å². The van der Waals surface area contributed by atoms with Crippen molar-refractivity contribution < 1.29 is 19.8 Å². The number of carboxylic acids is 2. The first-order chi connectivity index (χ1) is 8.33. The molecular formula is C11H23N3O4. The predicted octanol–water partition coefficient (Wildman–Crippen LogP) is -0.520. The van der Waals surface area contributed by atoms with Gasteiger partial charge in [0.1, 0.15) is 11.6 Å². The average Bonchev–Trinajstić information content (AvgIpc) is 2.32. The van der Waals surface area contributed by atoms with Gasteiger partial charge in [0, 0.05) is 6.54 Å². The quantitative estimate of drug-likeness (QED) is 0.331. The maximum absolute atomic E-state index is 10.8. The molecule has 0 aromatic carbocycles. The summed E-state index contributed by atoms with van der Waals surface area (Å²) in [6.07, 6.45) is 3.71. The Balaban J connectivity index is 3.68. The van der Waals surface area contributed by atoms with Crippen LogP contribution in [-0.2, 0) is 9.59 Å². The van der Waals surface area contributed by atoms with E-state index in [1.807, 2.05) is 0 Å². The van der Waals surface area contributed by atoms with E-state index in [4.69, 9.17) is 27.4 Å². The Hall–Kier alpha value is -1.18. The van der Waals surface area contributed by atoms with E-state index >= 15 is 0 Å². The molecule has 0 aromatic heterocycles. The Labute approximate surface area is 106 Å². The monoisotopic (exact) mass is 261 g/mol. The van der Waals surface area contributed by atoms with Crippen LogP contribution in [0.2, 0.25) is 0 Å². The van der Waals surface area contributed by atoms with E-state index in [1.165, 1.54) is 0 Å². The SMILES string of the molecule is NC[C@@](N)(CCCCCC[C@H](N)C(=O)O)C(=O)O. The fourth-order valence-electron chi connectivity index (χ4n) is 1.58. The summed E-state index contributed by atoms with van der Waals surface area (Å²) in [7, 11) is 0. The molecule has 0 saturated carbocycles. The maximum Gasteiger partial charge on any atom is 0.324 e. The molecule has 0 aromatic rings. The van der Waals surface area contributed by atoms with E-state index in [0.717, 1.165) is 12.8 Å². The molecule has 18 heavy (non-hydrogen) atoms. The van der Waals surface area contributed by atoms with Crippen molar-refractivity contribution in [3.05, 3.63) is 0 Å². The summed E-state index contributed by atoms with van der Waals surface area (Å²) in [5.41, 5.74) is 15.0. The lowest BCUT2D eigenvalue weighted by Gasteiger charge is -2.22. The van der Waals surface area contributed by atoms with E-state index in [2.05, 4.69) is 0 Å². The van der Waals surface area contributed by atoms with E-state index in [0.29, 0.717) is 25.7 Å². The number of nitrogens with two attached hydrogens (primary N) is 3. The molecule has 0 amide bonds. The number of carbonyl (C=O) groups is 2. The van der Waals surface area contributed by atoms with Gasteiger partial charge in [0.15, 0.2) is 0 Å². The molecular weight excluding hydrogens is 238 g/mol. The van der Waals surface area contributed by atoms with Crippen molar-refractivity contribution in [1.29, 1.82) is 0 Å². The van der Waals surface area contributed by atoms with Gasteiger partial charge in [-0.3, -0.25) is 9.59 Å². The normalized spacial score (nSPS) is 15.9. The van der Waals surface area contributed by atoms with E-state index in [-0.39, 0.29) is 6.54 Å². The summed E-state index contributed by atoms with van der Waals surface area (Å²) in [6.45, 7) is -0.0910. The molecule has 0 fully saturated rings. The van der Waals surface area contributed by atoms with Crippen molar-refractivity contribution in [2.24, 2.45) is 17.2 Å². The smallest absolute Gasteiger partial charge is 0.324 e. The van der Waals surface area contributed by atoms with E-state index < -0.39 is 23.5 Å². The number of aliphatic carboxylic acids is 2. The summed E-state index contributed by atoms with van der Waals surface area (Å²) in [6, 6.07) is -0.818. The molecule has 0 aliphatic rings. The van der Waals surface area contributed by atoms with Crippen LogP contribution in [0.4, 0.5) is 0 Å². The molecule has 0 heterocycles.